The number of hydrogen-bond acceptors (Lipinski definition) is 2. The summed E-state index contributed by atoms with van der Waals surface area (Å²) in [6.07, 6.45) is 2.61. The van der Waals surface area contributed by atoms with Crippen LogP contribution < -0.4 is 5.73 Å². The zero-order valence-electron chi connectivity index (χ0n) is 6.15. The number of nitrogens with two attached hydrogens (primary N) is 1. The van der Waals surface area contributed by atoms with Crippen molar-refractivity contribution in [1.82, 2.24) is 0 Å². The van der Waals surface area contributed by atoms with E-state index in [-0.39, 0.29) is 5.54 Å². The fourth-order valence-electron chi connectivity index (χ4n) is 1.17. The highest BCUT2D eigenvalue weighted by Gasteiger charge is 2.43. The van der Waals surface area contributed by atoms with E-state index in [2.05, 4.69) is 0 Å². The second-order valence-corrected chi connectivity index (χ2v) is 3.89. The van der Waals surface area contributed by atoms with Gasteiger partial charge >= 0.3 is 0 Å². The largest absolute Gasteiger partial charge is 0.390 e. The van der Waals surface area contributed by atoms with Crippen LogP contribution in [-0.2, 0) is 0 Å². The number of aliphatic hydroxyl groups is 1. The van der Waals surface area contributed by atoms with Gasteiger partial charge in [0.25, 0.3) is 0 Å². The molecule has 0 unspecified atom stereocenters. The first-order chi connectivity index (χ1) is 3.91. The van der Waals surface area contributed by atoms with E-state index < -0.39 is 5.60 Å². The lowest BCUT2D eigenvalue weighted by atomic mass is 9.97. The fourth-order valence-corrected chi connectivity index (χ4v) is 1.17. The maximum Gasteiger partial charge on any atom is 0.0667 e. The lowest BCUT2D eigenvalue weighted by Gasteiger charge is -2.21. The maximum absolute atomic E-state index is 9.38. The van der Waals surface area contributed by atoms with Crippen molar-refractivity contribution in [2.75, 3.05) is 0 Å². The Hall–Kier alpha value is -0.0800. The van der Waals surface area contributed by atoms with E-state index in [1.807, 2.05) is 13.8 Å². The minimum Gasteiger partial charge on any atom is -0.390 e. The monoisotopic (exact) mass is 129 g/mol. The predicted molar refractivity (Wildman–Crippen MR) is 37.1 cm³/mol. The minimum absolute atomic E-state index is 0.203. The highest BCUT2D eigenvalue weighted by Crippen LogP contribution is 2.40. The molecule has 1 saturated carbocycles. The van der Waals surface area contributed by atoms with Crippen LogP contribution in [0.5, 0.6) is 0 Å². The Morgan fingerprint density at radius 2 is 2.00 bits per heavy atom. The number of hydrogen-bond donors (Lipinski definition) is 2. The van der Waals surface area contributed by atoms with Crippen molar-refractivity contribution >= 4 is 0 Å². The van der Waals surface area contributed by atoms with Crippen molar-refractivity contribution in [2.45, 2.75) is 44.2 Å². The third-order valence-electron chi connectivity index (χ3n) is 1.61. The molecule has 0 radical (unpaired) electrons. The highest BCUT2D eigenvalue weighted by atomic mass is 16.3. The molecule has 1 fully saturated rings. The van der Waals surface area contributed by atoms with Crippen LogP contribution in [0.2, 0.25) is 0 Å². The molecule has 0 aromatic rings. The zero-order valence-corrected chi connectivity index (χ0v) is 6.15. The van der Waals surface area contributed by atoms with Crippen molar-refractivity contribution in [3.05, 3.63) is 0 Å². The van der Waals surface area contributed by atoms with E-state index in [0.29, 0.717) is 0 Å². The second-order valence-electron chi connectivity index (χ2n) is 3.89. The second kappa shape index (κ2) is 1.70. The molecule has 2 nitrogen and oxygen atoms in total. The fraction of sp³-hybridized carbons (Fsp3) is 1.00. The van der Waals surface area contributed by atoms with Crippen LogP contribution in [-0.4, -0.2) is 16.2 Å². The van der Waals surface area contributed by atoms with Crippen LogP contribution >= 0.6 is 0 Å². The first-order valence-electron chi connectivity index (χ1n) is 3.43. The SMILES string of the molecule is CC(C)(N)CC1(O)CC1. The quantitative estimate of drug-likeness (QED) is 0.574. The van der Waals surface area contributed by atoms with Crippen molar-refractivity contribution in [2.24, 2.45) is 5.73 Å². The van der Waals surface area contributed by atoms with E-state index in [1.165, 1.54) is 0 Å². The molecule has 0 amide bonds. The minimum atomic E-state index is -0.391. The standard InChI is InChI=1S/C7H15NO/c1-6(2,8)5-7(9)3-4-7/h9H,3-5,8H2,1-2H3. The first-order valence-corrected chi connectivity index (χ1v) is 3.43. The van der Waals surface area contributed by atoms with Gasteiger partial charge in [0.05, 0.1) is 5.60 Å². The summed E-state index contributed by atoms with van der Waals surface area (Å²) in [5, 5.41) is 9.38. The van der Waals surface area contributed by atoms with E-state index in [1.54, 1.807) is 0 Å². The topological polar surface area (TPSA) is 46.2 Å². The van der Waals surface area contributed by atoms with Gasteiger partial charge in [0.15, 0.2) is 0 Å². The Morgan fingerprint density at radius 1 is 1.56 bits per heavy atom. The Morgan fingerprint density at radius 3 is 2.11 bits per heavy atom. The van der Waals surface area contributed by atoms with Crippen LogP contribution in [0, 0.1) is 0 Å². The number of rotatable bonds is 2. The van der Waals surface area contributed by atoms with Gasteiger partial charge in [-0.05, 0) is 33.1 Å². The smallest absolute Gasteiger partial charge is 0.0667 e. The summed E-state index contributed by atoms with van der Waals surface area (Å²) in [5.74, 6) is 0. The van der Waals surface area contributed by atoms with E-state index >= 15 is 0 Å². The van der Waals surface area contributed by atoms with Gasteiger partial charge in [-0.25, -0.2) is 0 Å². The van der Waals surface area contributed by atoms with Crippen molar-refractivity contribution < 1.29 is 5.11 Å². The molecule has 0 aliphatic heterocycles. The van der Waals surface area contributed by atoms with E-state index in [0.717, 1.165) is 19.3 Å². The van der Waals surface area contributed by atoms with Gasteiger partial charge in [-0.15, -0.1) is 0 Å². The molecule has 0 atom stereocenters. The molecule has 1 rings (SSSR count). The van der Waals surface area contributed by atoms with Crippen LogP contribution in [0.3, 0.4) is 0 Å². The van der Waals surface area contributed by atoms with Crippen molar-refractivity contribution in [1.29, 1.82) is 0 Å². The van der Waals surface area contributed by atoms with Gasteiger partial charge in [-0.3, -0.25) is 0 Å². The van der Waals surface area contributed by atoms with Gasteiger partial charge in [0.2, 0.25) is 0 Å². The molecule has 0 aromatic heterocycles. The zero-order chi connectivity index (χ0) is 7.12. The molecule has 3 N–H and O–H groups in total. The molecule has 0 saturated heterocycles. The Bertz CT molecular complexity index is 107. The molecule has 0 bridgehead atoms. The summed E-state index contributed by atoms with van der Waals surface area (Å²) in [6.45, 7) is 3.90. The van der Waals surface area contributed by atoms with Crippen molar-refractivity contribution in [3.8, 4) is 0 Å². The average molecular weight is 129 g/mol. The molecule has 0 heterocycles. The molecule has 2 heteroatoms. The average Bonchev–Trinajstić information content (AvgIpc) is 2.12. The van der Waals surface area contributed by atoms with Crippen LogP contribution in [0.25, 0.3) is 0 Å². The van der Waals surface area contributed by atoms with Gasteiger partial charge in [0.1, 0.15) is 0 Å². The van der Waals surface area contributed by atoms with Crippen LogP contribution in [0.4, 0.5) is 0 Å². The van der Waals surface area contributed by atoms with Crippen molar-refractivity contribution in [3.63, 3.8) is 0 Å². The molecule has 0 aromatic carbocycles. The Kier molecular flexibility index (Phi) is 1.33. The van der Waals surface area contributed by atoms with Gasteiger partial charge in [0, 0.05) is 5.54 Å². The van der Waals surface area contributed by atoms with E-state index in [9.17, 15) is 5.11 Å². The highest BCUT2D eigenvalue weighted by molar-refractivity contribution is 4.98. The maximum atomic E-state index is 9.38. The predicted octanol–water partition coefficient (Wildman–Crippen LogP) is 0.639. The molecular formula is C7H15NO. The molecule has 9 heavy (non-hydrogen) atoms. The summed E-state index contributed by atoms with van der Waals surface area (Å²) >= 11 is 0. The third-order valence-corrected chi connectivity index (χ3v) is 1.61. The molecular weight excluding hydrogens is 114 g/mol. The summed E-state index contributed by atoms with van der Waals surface area (Å²) in [7, 11) is 0. The summed E-state index contributed by atoms with van der Waals surface area (Å²) in [4.78, 5) is 0. The Labute approximate surface area is 56.1 Å². The van der Waals surface area contributed by atoms with E-state index in [4.69, 9.17) is 5.73 Å². The Balaban J connectivity index is 2.33. The van der Waals surface area contributed by atoms with Gasteiger partial charge in [-0.2, -0.15) is 0 Å². The third kappa shape index (κ3) is 2.33. The molecule has 0 spiro atoms. The molecule has 1 aliphatic rings. The van der Waals surface area contributed by atoms with Gasteiger partial charge in [-0.1, -0.05) is 0 Å². The molecule has 1 aliphatic carbocycles. The van der Waals surface area contributed by atoms with Crippen LogP contribution in [0.1, 0.15) is 33.1 Å². The van der Waals surface area contributed by atoms with Gasteiger partial charge < -0.3 is 10.8 Å². The summed E-state index contributed by atoms with van der Waals surface area (Å²) in [6, 6.07) is 0. The summed E-state index contributed by atoms with van der Waals surface area (Å²) in [5.41, 5.74) is 5.11. The lowest BCUT2D eigenvalue weighted by Crippen LogP contribution is -2.36. The summed E-state index contributed by atoms with van der Waals surface area (Å²) < 4.78 is 0. The van der Waals surface area contributed by atoms with Crippen LogP contribution in [0.15, 0.2) is 0 Å². The first kappa shape index (κ1) is 7.03. The normalized spacial score (nSPS) is 24.0. The molecule has 54 valence electrons. The lowest BCUT2D eigenvalue weighted by molar-refractivity contribution is 0.116.